The first-order chi connectivity index (χ1) is 17.0. The van der Waals surface area contributed by atoms with E-state index in [-0.39, 0.29) is 17.2 Å². The number of ketones is 1. The van der Waals surface area contributed by atoms with E-state index >= 15 is 0 Å². The molecular formula is C26H18N4O5. The zero-order valence-corrected chi connectivity index (χ0v) is 18.2. The summed E-state index contributed by atoms with van der Waals surface area (Å²) in [4.78, 5) is 52.8. The van der Waals surface area contributed by atoms with Crippen LogP contribution in [0.5, 0.6) is 0 Å². The predicted octanol–water partition coefficient (Wildman–Crippen LogP) is 3.34. The number of nitro groups is 1. The van der Waals surface area contributed by atoms with Gasteiger partial charge in [-0.3, -0.25) is 29.5 Å². The summed E-state index contributed by atoms with van der Waals surface area (Å²) in [6, 6.07) is 16.8. The molecule has 3 aromatic rings. The Balaban J connectivity index is 1.43. The maximum Gasteiger partial charge on any atom is 0.270 e. The van der Waals surface area contributed by atoms with Crippen LogP contribution in [0, 0.1) is 22.0 Å². The molecule has 3 aliphatic heterocycles. The van der Waals surface area contributed by atoms with E-state index in [4.69, 9.17) is 0 Å². The Morgan fingerprint density at radius 2 is 1.69 bits per heavy atom. The fraction of sp³-hybridized carbons (Fsp3) is 0.154. The molecule has 0 N–H and O–H groups in total. The Kier molecular flexibility index (Phi) is 4.60. The molecule has 0 aromatic heterocycles. The molecule has 9 heteroatoms. The van der Waals surface area contributed by atoms with Crippen LogP contribution in [-0.4, -0.2) is 45.8 Å². The topological polar surface area (TPSA) is 113 Å². The van der Waals surface area contributed by atoms with Gasteiger partial charge >= 0.3 is 0 Å². The number of hydrogen-bond donors (Lipinski definition) is 0. The fourth-order valence-corrected chi connectivity index (χ4v) is 5.35. The van der Waals surface area contributed by atoms with Crippen LogP contribution in [0.4, 0.5) is 11.4 Å². The minimum atomic E-state index is -1.06. The maximum atomic E-state index is 13.7. The molecule has 6 rings (SSSR count). The highest BCUT2D eigenvalue weighted by Gasteiger charge is 2.64. The van der Waals surface area contributed by atoms with Crippen molar-refractivity contribution in [3.63, 3.8) is 0 Å². The number of Topliss-reactive ketones (excluding diaryl/α,β-unsaturated/α-hetero) is 1. The Bertz CT molecular complexity index is 1500. The number of benzene rings is 3. The molecule has 2 amide bonds. The first-order valence-corrected chi connectivity index (χ1v) is 11.1. The van der Waals surface area contributed by atoms with Gasteiger partial charge < -0.3 is 0 Å². The Labute approximate surface area is 199 Å². The third-order valence-corrected chi connectivity index (χ3v) is 6.89. The van der Waals surface area contributed by atoms with E-state index in [9.17, 15) is 24.5 Å². The first kappa shape index (κ1) is 20.9. The van der Waals surface area contributed by atoms with Gasteiger partial charge in [0.2, 0.25) is 11.8 Å². The standard InChI is InChI=1S/C26H18N4O5/c31-24(17-7-3-8-19(14-17)30(34)35)23-22-21(20-9-4-12-27-29(20)23)25(32)28(26(22)33)18-11-10-15-5-1-2-6-16(15)13-18/h1-14,20-23H. The third kappa shape index (κ3) is 3.08. The summed E-state index contributed by atoms with van der Waals surface area (Å²) >= 11 is 0. The SMILES string of the molecule is O=C(c1cccc([N+](=O)[O-])c1)C1C2C(=O)N(c3ccc4ccccc4c3)C(=O)C2C2C=CC=NN21. The summed E-state index contributed by atoms with van der Waals surface area (Å²) in [5, 5.41) is 18.9. The molecule has 3 aliphatic rings. The number of hydrogen-bond acceptors (Lipinski definition) is 7. The number of carbonyl (C=O) groups is 3. The summed E-state index contributed by atoms with van der Waals surface area (Å²) < 4.78 is 0. The van der Waals surface area contributed by atoms with Crippen molar-refractivity contribution in [1.29, 1.82) is 0 Å². The maximum absolute atomic E-state index is 13.7. The second-order valence-electron chi connectivity index (χ2n) is 8.73. The molecule has 2 saturated heterocycles. The van der Waals surface area contributed by atoms with Crippen molar-refractivity contribution in [1.82, 2.24) is 5.01 Å². The van der Waals surface area contributed by atoms with E-state index in [2.05, 4.69) is 5.10 Å². The molecule has 0 bridgehead atoms. The summed E-state index contributed by atoms with van der Waals surface area (Å²) in [7, 11) is 0. The third-order valence-electron chi connectivity index (χ3n) is 6.89. The average molecular weight is 466 g/mol. The lowest BCUT2D eigenvalue weighted by atomic mass is 9.86. The number of nitrogens with zero attached hydrogens (tertiary/aromatic N) is 4. The number of imide groups is 1. The largest absolute Gasteiger partial charge is 0.292 e. The molecule has 3 aromatic carbocycles. The molecular weight excluding hydrogens is 448 g/mol. The van der Waals surface area contributed by atoms with Gasteiger partial charge in [-0.1, -0.05) is 48.5 Å². The summed E-state index contributed by atoms with van der Waals surface area (Å²) in [5.41, 5.74) is 0.317. The number of amides is 2. The average Bonchev–Trinajstić information content (AvgIpc) is 3.35. The van der Waals surface area contributed by atoms with Crippen molar-refractivity contribution in [2.24, 2.45) is 16.9 Å². The van der Waals surface area contributed by atoms with Gasteiger partial charge in [0.25, 0.3) is 5.69 Å². The van der Waals surface area contributed by atoms with Crippen LogP contribution in [0.3, 0.4) is 0 Å². The lowest BCUT2D eigenvalue weighted by Crippen LogP contribution is -2.46. The molecule has 35 heavy (non-hydrogen) atoms. The van der Waals surface area contributed by atoms with Gasteiger partial charge in [-0.25, -0.2) is 4.90 Å². The van der Waals surface area contributed by atoms with Crippen molar-refractivity contribution in [3.8, 4) is 0 Å². The first-order valence-electron chi connectivity index (χ1n) is 11.1. The van der Waals surface area contributed by atoms with E-state index in [1.54, 1.807) is 24.3 Å². The Hall–Kier alpha value is -4.66. The van der Waals surface area contributed by atoms with Crippen LogP contribution < -0.4 is 4.90 Å². The van der Waals surface area contributed by atoms with E-state index in [1.165, 1.54) is 40.4 Å². The summed E-state index contributed by atoms with van der Waals surface area (Å²) in [6.45, 7) is 0. The molecule has 4 unspecified atom stereocenters. The fourth-order valence-electron chi connectivity index (χ4n) is 5.35. The quantitative estimate of drug-likeness (QED) is 0.252. The van der Waals surface area contributed by atoms with Crippen LogP contribution in [0.2, 0.25) is 0 Å². The van der Waals surface area contributed by atoms with E-state index in [0.29, 0.717) is 5.69 Å². The van der Waals surface area contributed by atoms with E-state index in [1.807, 2.05) is 30.3 Å². The highest BCUT2D eigenvalue weighted by Crippen LogP contribution is 2.46. The molecule has 2 fully saturated rings. The number of rotatable bonds is 4. The minimum Gasteiger partial charge on any atom is -0.292 e. The smallest absolute Gasteiger partial charge is 0.270 e. The molecule has 0 spiro atoms. The molecule has 0 radical (unpaired) electrons. The second-order valence-corrected chi connectivity index (χ2v) is 8.73. The van der Waals surface area contributed by atoms with Crippen molar-refractivity contribution in [2.45, 2.75) is 12.1 Å². The normalized spacial score (nSPS) is 24.7. The molecule has 4 atom stereocenters. The van der Waals surface area contributed by atoms with Crippen molar-refractivity contribution >= 4 is 46.0 Å². The van der Waals surface area contributed by atoms with Crippen LogP contribution in [0.15, 0.2) is 84.0 Å². The van der Waals surface area contributed by atoms with Crippen LogP contribution in [-0.2, 0) is 9.59 Å². The van der Waals surface area contributed by atoms with Gasteiger partial charge in [0.15, 0.2) is 5.78 Å². The zero-order chi connectivity index (χ0) is 24.3. The predicted molar refractivity (Wildman–Crippen MR) is 128 cm³/mol. The molecule has 3 heterocycles. The van der Waals surface area contributed by atoms with E-state index in [0.717, 1.165) is 10.8 Å². The molecule has 9 nitrogen and oxygen atoms in total. The number of carbonyl (C=O) groups excluding carboxylic acids is 3. The number of allylic oxidation sites excluding steroid dienone is 1. The number of non-ortho nitro benzene ring substituents is 1. The second kappa shape index (κ2) is 7.69. The van der Waals surface area contributed by atoms with Gasteiger partial charge in [-0.05, 0) is 29.0 Å². The number of fused-ring (bicyclic) bond motifs is 4. The highest BCUT2D eigenvalue weighted by molar-refractivity contribution is 6.25. The lowest BCUT2D eigenvalue weighted by molar-refractivity contribution is -0.384. The van der Waals surface area contributed by atoms with Gasteiger partial charge in [-0.15, -0.1) is 0 Å². The van der Waals surface area contributed by atoms with Crippen LogP contribution in [0.25, 0.3) is 10.8 Å². The van der Waals surface area contributed by atoms with Crippen LogP contribution >= 0.6 is 0 Å². The van der Waals surface area contributed by atoms with E-state index < -0.39 is 40.5 Å². The van der Waals surface area contributed by atoms with Crippen molar-refractivity contribution in [3.05, 3.63) is 94.6 Å². The van der Waals surface area contributed by atoms with Crippen molar-refractivity contribution in [2.75, 3.05) is 4.90 Å². The van der Waals surface area contributed by atoms with Crippen LogP contribution in [0.1, 0.15) is 10.4 Å². The van der Waals surface area contributed by atoms with Gasteiger partial charge in [0.1, 0.15) is 6.04 Å². The minimum absolute atomic E-state index is 0.0951. The van der Waals surface area contributed by atoms with Gasteiger partial charge in [-0.2, -0.15) is 5.10 Å². The summed E-state index contributed by atoms with van der Waals surface area (Å²) in [6.07, 6.45) is 4.96. The number of anilines is 1. The van der Waals surface area contributed by atoms with Gasteiger partial charge in [0, 0.05) is 23.9 Å². The number of nitro benzene ring substituents is 1. The Morgan fingerprint density at radius 1 is 0.914 bits per heavy atom. The highest BCUT2D eigenvalue weighted by atomic mass is 16.6. The molecule has 0 aliphatic carbocycles. The zero-order valence-electron chi connectivity index (χ0n) is 18.2. The molecule has 172 valence electrons. The Morgan fingerprint density at radius 3 is 2.49 bits per heavy atom. The van der Waals surface area contributed by atoms with Crippen molar-refractivity contribution < 1.29 is 19.3 Å². The molecule has 0 saturated carbocycles. The summed E-state index contributed by atoms with van der Waals surface area (Å²) in [5.74, 6) is -3.11. The lowest BCUT2D eigenvalue weighted by Gasteiger charge is -2.30. The monoisotopic (exact) mass is 466 g/mol. The van der Waals surface area contributed by atoms with Gasteiger partial charge in [0.05, 0.1) is 28.5 Å². The number of hydrazone groups is 1.